The van der Waals surface area contributed by atoms with Crippen LogP contribution < -0.4 is 0 Å². The molecule has 0 fully saturated rings. The molecule has 0 atom stereocenters. The summed E-state index contributed by atoms with van der Waals surface area (Å²) in [7, 11) is 0. The zero-order chi connectivity index (χ0) is 13.4. The lowest BCUT2D eigenvalue weighted by Crippen LogP contribution is -2.25. The van der Waals surface area contributed by atoms with E-state index in [4.69, 9.17) is 0 Å². The third kappa shape index (κ3) is 3.56. The molecular weight excluding hydrogens is 232 g/mol. The molecule has 96 valence electrons. The van der Waals surface area contributed by atoms with Crippen molar-refractivity contribution in [2.24, 2.45) is 5.41 Å². The zero-order valence-corrected chi connectivity index (χ0v) is 12.1. The van der Waals surface area contributed by atoms with E-state index < -0.39 is 0 Å². The van der Waals surface area contributed by atoms with Crippen LogP contribution >= 0.6 is 12.6 Å². The monoisotopic (exact) mass is 254 g/mol. The number of phenols is 2. The van der Waals surface area contributed by atoms with Crippen molar-refractivity contribution in [2.75, 3.05) is 0 Å². The summed E-state index contributed by atoms with van der Waals surface area (Å²) in [5, 5.41) is 19.7. The van der Waals surface area contributed by atoms with Gasteiger partial charge in [0.15, 0.2) is 0 Å². The van der Waals surface area contributed by atoms with E-state index in [1.54, 1.807) is 6.07 Å². The molecule has 1 aromatic carbocycles. The van der Waals surface area contributed by atoms with Crippen LogP contribution in [0.4, 0.5) is 0 Å². The molecule has 1 rings (SSSR count). The van der Waals surface area contributed by atoms with E-state index >= 15 is 0 Å². The van der Waals surface area contributed by atoms with E-state index in [1.165, 1.54) is 6.07 Å². The van der Waals surface area contributed by atoms with Crippen LogP contribution in [-0.2, 0) is 5.41 Å². The van der Waals surface area contributed by atoms with Gasteiger partial charge >= 0.3 is 0 Å². The SMILES string of the molecule is CC(C)(C)CC(C)(C)c1cc(O)cc(S)c1O. The number of benzene rings is 1. The molecule has 0 aromatic heterocycles. The van der Waals surface area contributed by atoms with Gasteiger partial charge in [0.2, 0.25) is 0 Å². The Kier molecular flexibility index (Phi) is 3.72. The maximum Gasteiger partial charge on any atom is 0.132 e. The highest BCUT2D eigenvalue weighted by molar-refractivity contribution is 7.80. The summed E-state index contributed by atoms with van der Waals surface area (Å²) in [5.41, 5.74) is 0.689. The van der Waals surface area contributed by atoms with Gasteiger partial charge in [-0.3, -0.25) is 0 Å². The molecule has 2 N–H and O–H groups in total. The smallest absolute Gasteiger partial charge is 0.132 e. The Bertz CT molecular complexity index is 417. The third-order valence-corrected chi connectivity index (χ3v) is 3.12. The first-order valence-electron chi connectivity index (χ1n) is 5.78. The Morgan fingerprint density at radius 1 is 1.06 bits per heavy atom. The number of aromatic hydroxyl groups is 2. The molecule has 0 unspecified atom stereocenters. The lowest BCUT2D eigenvalue weighted by atomic mass is 9.72. The van der Waals surface area contributed by atoms with Crippen LogP contribution in [0.15, 0.2) is 17.0 Å². The van der Waals surface area contributed by atoms with Gasteiger partial charge in [0.1, 0.15) is 11.5 Å². The van der Waals surface area contributed by atoms with Crippen LogP contribution in [0, 0.1) is 5.41 Å². The summed E-state index contributed by atoms with van der Waals surface area (Å²) in [6, 6.07) is 3.08. The molecule has 0 bridgehead atoms. The standard InChI is InChI=1S/C14H22O2S/c1-13(2,3)8-14(4,5)10-6-9(15)7-11(17)12(10)16/h6-7,15-17H,8H2,1-5H3. The van der Waals surface area contributed by atoms with Crippen LogP contribution in [0.3, 0.4) is 0 Å². The molecule has 0 saturated carbocycles. The van der Waals surface area contributed by atoms with E-state index in [1.807, 2.05) is 0 Å². The topological polar surface area (TPSA) is 40.5 Å². The Morgan fingerprint density at radius 2 is 1.59 bits per heavy atom. The quantitative estimate of drug-likeness (QED) is 0.549. The molecule has 0 radical (unpaired) electrons. The van der Waals surface area contributed by atoms with Crippen molar-refractivity contribution < 1.29 is 10.2 Å². The predicted octanol–water partition coefficient (Wildman–Crippen LogP) is 4.10. The fourth-order valence-electron chi connectivity index (χ4n) is 2.54. The minimum Gasteiger partial charge on any atom is -0.508 e. The third-order valence-electron chi connectivity index (χ3n) is 2.78. The molecule has 2 nitrogen and oxygen atoms in total. The zero-order valence-electron chi connectivity index (χ0n) is 11.2. The van der Waals surface area contributed by atoms with Crippen molar-refractivity contribution in [2.45, 2.75) is 51.3 Å². The van der Waals surface area contributed by atoms with Crippen molar-refractivity contribution in [3.63, 3.8) is 0 Å². The first kappa shape index (κ1) is 14.2. The molecule has 0 saturated heterocycles. The van der Waals surface area contributed by atoms with Gasteiger partial charge in [0, 0.05) is 10.5 Å². The number of rotatable bonds is 2. The maximum atomic E-state index is 10.1. The minimum absolute atomic E-state index is 0.143. The first-order valence-corrected chi connectivity index (χ1v) is 6.23. The van der Waals surface area contributed by atoms with E-state index in [0.717, 1.165) is 12.0 Å². The summed E-state index contributed by atoms with van der Waals surface area (Å²) in [4.78, 5) is 0.419. The average Bonchev–Trinajstić information content (AvgIpc) is 2.06. The second kappa shape index (κ2) is 4.45. The Balaban J connectivity index is 3.23. The molecule has 1 aromatic rings. The molecule has 0 spiro atoms. The second-order valence-corrected chi connectivity index (χ2v) is 6.96. The van der Waals surface area contributed by atoms with E-state index in [-0.39, 0.29) is 22.3 Å². The van der Waals surface area contributed by atoms with Gasteiger partial charge in [-0.2, -0.15) is 0 Å². The number of hydrogen-bond acceptors (Lipinski definition) is 3. The van der Waals surface area contributed by atoms with Crippen LogP contribution in [0.2, 0.25) is 0 Å². The largest absolute Gasteiger partial charge is 0.508 e. The number of thiol groups is 1. The molecule has 0 aliphatic carbocycles. The summed E-state index contributed by atoms with van der Waals surface area (Å²) >= 11 is 4.17. The van der Waals surface area contributed by atoms with Crippen LogP contribution in [0.1, 0.15) is 46.6 Å². The van der Waals surface area contributed by atoms with Crippen molar-refractivity contribution in [1.29, 1.82) is 0 Å². The second-order valence-electron chi connectivity index (χ2n) is 6.48. The molecule has 0 aliphatic heterocycles. The molecule has 0 aliphatic rings. The lowest BCUT2D eigenvalue weighted by Gasteiger charge is -2.33. The Hall–Kier alpha value is -0.830. The predicted molar refractivity (Wildman–Crippen MR) is 74.1 cm³/mol. The van der Waals surface area contributed by atoms with E-state index in [0.29, 0.717) is 4.90 Å². The lowest BCUT2D eigenvalue weighted by molar-refractivity contribution is 0.277. The van der Waals surface area contributed by atoms with E-state index in [9.17, 15) is 10.2 Å². The maximum absolute atomic E-state index is 10.1. The highest BCUT2D eigenvalue weighted by Gasteiger charge is 2.30. The highest BCUT2D eigenvalue weighted by atomic mass is 32.1. The molecule has 0 heterocycles. The van der Waals surface area contributed by atoms with Gasteiger partial charge in [-0.1, -0.05) is 34.6 Å². The van der Waals surface area contributed by atoms with Gasteiger partial charge < -0.3 is 10.2 Å². The number of hydrogen-bond donors (Lipinski definition) is 3. The van der Waals surface area contributed by atoms with Gasteiger partial charge in [0.25, 0.3) is 0 Å². The van der Waals surface area contributed by atoms with Gasteiger partial charge in [-0.25, -0.2) is 0 Å². The summed E-state index contributed by atoms with van der Waals surface area (Å²) in [6.45, 7) is 10.6. The van der Waals surface area contributed by atoms with E-state index in [2.05, 4.69) is 47.2 Å². The first-order chi connectivity index (χ1) is 7.53. The average molecular weight is 254 g/mol. The van der Waals surface area contributed by atoms with Gasteiger partial charge in [-0.05, 0) is 29.4 Å². The Labute approximate surface area is 109 Å². The molecule has 17 heavy (non-hydrogen) atoms. The van der Waals surface area contributed by atoms with Crippen molar-refractivity contribution >= 4 is 12.6 Å². The van der Waals surface area contributed by atoms with Crippen LogP contribution in [0.5, 0.6) is 11.5 Å². The summed E-state index contributed by atoms with van der Waals surface area (Å²) < 4.78 is 0. The fraction of sp³-hybridized carbons (Fsp3) is 0.571. The minimum atomic E-state index is -0.210. The summed E-state index contributed by atoms with van der Waals surface area (Å²) in [6.07, 6.45) is 0.907. The van der Waals surface area contributed by atoms with Crippen molar-refractivity contribution in [3.8, 4) is 11.5 Å². The summed E-state index contributed by atoms with van der Waals surface area (Å²) in [5.74, 6) is 0.310. The van der Waals surface area contributed by atoms with Crippen molar-refractivity contribution in [1.82, 2.24) is 0 Å². The van der Waals surface area contributed by atoms with Crippen LogP contribution in [-0.4, -0.2) is 10.2 Å². The van der Waals surface area contributed by atoms with Gasteiger partial charge in [-0.15, -0.1) is 12.6 Å². The van der Waals surface area contributed by atoms with Crippen LogP contribution in [0.25, 0.3) is 0 Å². The molecule has 3 heteroatoms. The molecular formula is C14H22O2S. The van der Waals surface area contributed by atoms with Gasteiger partial charge in [0.05, 0.1) is 0 Å². The number of phenolic OH excluding ortho intramolecular Hbond substituents is 2. The molecule has 0 amide bonds. The normalized spacial score (nSPS) is 12.8. The van der Waals surface area contributed by atoms with Crippen molar-refractivity contribution in [3.05, 3.63) is 17.7 Å². The highest BCUT2D eigenvalue weighted by Crippen LogP contribution is 2.43. The fourth-order valence-corrected chi connectivity index (χ4v) is 2.79. The Morgan fingerprint density at radius 3 is 2.06 bits per heavy atom.